The highest BCUT2D eigenvalue weighted by Gasteiger charge is 2.16. The van der Waals surface area contributed by atoms with E-state index in [0.717, 1.165) is 51.4 Å². The van der Waals surface area contributed by atoms with E-state index in [1.807, 2.05) is 0 Å². The smallest absolute Gasteiger partial charge is 0.306 e. The number of unbranched alkanes of at least 4 members (excludes halogenated alkanes) is 13. The fourth-order valence-electron chi connectivity index (χ4n) is 3.53. The molecular weight excluding hydrogens is 336 g/mol. The quantitative estimate of drug-likeness (QED) is 0.162. The van der Waals surface area contributed by atoms with Crippen molar-refractivity contribution in [2.75, 3.05) is 6.61 Å². The minimum absolute atomic E-state index is 0.170. The molecule has 3 nitrogen and oxygen atoms in total. The summed E-state index contributed by atoms with van der Waals surface area (Å²) in [7, 11) is 0. The first-order valence-electron chi connectivity index (χ1n) is 11.7. The maximum Gasteiger partial charge on any atom is 0.306 e. The summed E-state index contributed by atoms with van der Waals surface area (Å²) in [5.41, 5.74) is 0. The number of carboxylic acid groups (broad SMARTS) is 1. The van der Waals surface area contributed by atoms with Crippen LogP contribution in [0.15, 0.2) is 12.2 Å². The maximum absolute atomic E-state index is 11.3. The van der Waals surface area contributed by atoms with Crippen LogP contribution in [0.3, 0.4) is 0 Å². The van der Waals surface area contributed by atoms with Gasteiger partial charge in [-0.15, -0.1) is 0 Å². The second-order valence-corrected chi connectivity index (χ2v) is 7.98. The number of aliphatic hydroxyl groups excluding tert-OH is 1. The zero-order chi connectivity index (χ0) is 20.0. The van der Waals surface area contributed by atoms with Crippen molar-refractivity contribution in [1.29, 1.82) is 0 Å². The molecule has 0 bridgehead atoms. The Kier molecular flexibility index (Phi) is 20.8. The van der Waals surface area contributed by atoms with Crippen molar-refractivity contribution in [3.63, 3.8) is 0 Å². The highest BCUT2D eigenvalue weighted by Crippen LogP contribution is 2.19. The van der Waals surface area contributed by atoms with Crippen LogP contribution >= 0.6 is 0 Å². The molecule has 0 spiro atoms. The van der Waals surface area contributed by atoms with E-state index >= 15 is 0 Å². The molecule has 0 aliphatic heterocycles. The summed E-state index contributed by atoms with van der Waals surface area (Å²) in [4.78, 5) is 11.3. The molecule has 27 heavy (non-hydrogen) atoms. The van der Waals surface area contributed by atoms with Gasteiger partial charge in [-0.3, -0.25) is 4.79 Å². The van der Waals surface area contributed by atoms with E-state index in [0.29, 0.717) is 0 Å². The standard InChI is InChI=1S/C24H46O3/c1-2-3-4-5-6-7-8-9-10-11-12-13-14-17-20-23(24(26)27)21-18-15-16-19-22-25/h9-10,23,25H,2-8,11-22H2,1H3,(H,26,27)/b10-9-. The Morgan fingerprint density at radius 2 is 1.15 bits per heavy atom. The Bertz CT molecular complexity index is 339. The largest absolute Gasteiger partial charge is 0.481 e. The molecule has 0 saturated carbocycles. The maximum atomic E-state index is 11.3. The van der Waals surface area contributed by atoms with E-state index in [-0.39, 0.29) is 12.5 Å². The van der Waals surface area contributed by atoms with Crippen molar-refractivity contribution in [1.82, 2.24) is 0 Å². The monoisotopic (exact) mass is 382 g/mol. The van der Waals surface area contributed by atoms with Crippen LogP contribution in [0.1, 0.15) is 122 Å². The molecule has 160 valence electrons. The zero-order valence-corrected chi connectivity index (χ0v) is 18.0. The Labute approximate surface area is 168 Å². The van der Waals surface area contributed by atoms with Crippen molar-refractivity contribution in [3.8, 4) is 0 Å². The average molecular weight is 383 g/mol. The van der Waals surface area contributed by atoms with Crippen LogP contribution in [0, 0.1) is 5.92 Å². The summed E-state index contributed by atoms with van der Waals surface area (Å²) in [6.07, 6.45) is 25.4. The predicted octanol–water partition coefficient (Wildman–Crippen LogP) is 7.28. The third kappa shape index (κ3) is 19.7. The fraction of sp³-hybridized carbons (Fsp3) is 0.875. The molecule has 0 rings (SSSR count). The number of rotatable bonds is 21. The summed E-state index contributed by atoms with van der Waals surface area (Å²) < 4.78 is 0. The second kappa shape index (κ2) is 21.5. The van der Waals surface area contributed by atoms with Crippen molar-refractivity contribution in [2.24, 2.45) is 5.92 Å². The molecule has 0 aromatic heterocycles. The number of hydrogen-bond acceptors (Lipinski definition) is 2. The summed E-state index contributed by atoms with van der Waals surface area (Å²) in [6.45, 7) is 2.51. The molecular formula is C24H46O3. The summed E-state index contributed by atoms with van der Waals surface area (Å²) >= 11 is 0. The van der Waals surface area contributed by atoms with Crippen LogP contribution < -0.4 is 0 Å². The van der Waals surface area contributed by atoms with E-state index in [1.165, 1.54) is 64.2 Å². The number of allylic oxidation sites excluding steroid dienone is 2. The predicted molar refractivity (Wildman–Crippen MR) is 116 cm³/mol. The van der Waals surface area contributed by atoms with E-state index in [2.05, 4.69) is 19.1 Å². The lowest BCUT2D eigenvalue weighted by Crippen LogP contribution is -2.13. The molecule has 2 N–H and O–H groups in total. The summed E-state index contributed by atoms with van der Waals surface area (Å²) in [5, 5.41) is 18.1. The van der Waals surface area contributed by atoms with Gasteiger partial charge in [0.1, 0.15) is 0 Å². The lowest BCUT2D eigenvalue weighted by atomic mass is 9.94. The Morgan fingerprint density at radius 1 is 0.704 bits per heavy atom. The lowest BCUT2D eigenvalue weighted by Gasteiger charge is -2.11. The molecule has 0 fully saturated rings. The van der Waals surface area contributed by atoms with Crippen molar-refractivity contribution >= 4 is 5.97 Å². The molecule has 0 aromatic rings. The molecule has 1 unspecified atom stereocenters. The molecule has 1 atom stereocenters. The minimum atomic E-state index is -0.630. The molecule has 0 amide bonds. The lowest BCUT2D eigenvalue weighted by molar-refractivity contribution is -0.142. The topological polar surface area (TPSA) is 57.5 Å². The van der Waals surface area contributed by atoms with Gasteiger partial charge in [0, 0.05) is 6.61 Å². The molecule has 0 radical (unpaired) electrons. The Morgan fingerprint density at radius 3 is 1.63 bits per heavy atom. The van der Waals surface area contributed by atoms with Crippen molar-refractivity contribution in [2.45, 2.75) is 122 Å². The molecule has 0 aliphatic rings. The van der Waals surface area contributed by atoms with Crippen LogP contribution in [-0.2, 0) is 4.79 Å². The van der Waals surface area contributed by atoms with Crippen LogP contribution in [0.5, 0.6) is 0 Å². The highest BCUT2D eigenvalue weighted by atomic mass is 16.4. The van der Waals surface area contributed by atoms with Crippen LogP contribution in [0.2, 0.25) is 0 Å². The highest BCUT2D eigenvalue weighted by molar-refractivity contribution is 5.69. The fourth-order valence-corrected chi connectivity index (χ4v) is 3.53. The average Bonchev–Trinajstić information content (AvgIpc) is 2.66. The summed E-state index contributed by atoms with van der Waals surface area (Å²) in [6, 6.07) is 0. The molecule has 0 saturated heterocycles. The van der Waals surface area contributed by atoms with Crippen LogP contribution in [-0.4, -0.2) is 22.8 Å². The van der Waals surface area contributed by atoms with Gasteiger partial charge in [-0.05, 0) is 44.9 Å². The third-order valence-electron chi connectivity index (χ3n) is 5.37. The van der Waals surface area contributed by atoms with Gasteiger partial charge in [0.2, 0.25) is 0 Å². The van der Waals surface area contributed by atoms with Gasteiger partial charge in [0.15, 0.2) is 0 Å². The number of aliphatic hydroxyl groups is 1. The molecule has 0 heterocycles. The third-order valence-corrected chi connectivity index (χ3v) is 5.37. The first-order valence-corrected chi connectivity index (χ1v) is 11.7. The summed E-state index contributed by atoms with van der Waals surface area (Å²) in [5.74, 6) is -0.800. The minimum Gasteiger partial charge on any atom is -0.481 e. The van der Waals surface area contributed by atoms with E-state index < -0.39 is 5.97 Å². The van der Waals surface area contributed by atoms with Crippen LogP contribution in [0.4, 0.5) is 0 Å². The number of aliphatic carboxylic acids is 1. The number of carboxylic acids is 1. The molecule has 0 aromatic carbocycles. The van der Waals surface area contributed by atoms with Crippen molar-refractivity contribution in [3.05, 3.63) is 12.2 Å². The number of carbonyl (C=O) groups is 1. The van der Waals surface area contributed by atoms with Gasteiger partial charge in [-0.1, -0.05) is 89.7 Å². The van der Waals surface area contributed by atoms with E-state index in [1.54, 1.807) is 0 Å². The number of hydrogen-bond donors (Lipinski definition) is 2. The van der Waals surface area contributed by atoms with Gasteiger partial charge in [0.25, 0.3) is 0 Å². The van der Waals surface area contributed by atoms with E-state index in [9.17, 15) is 9.90 Å². The van der Waals surface area contributed by atoms with E-state index in [4.69, 9.17) is 5.11 Å². The van der Waals surface area contributed by atoms with Gasteiger partial charge >= 0.3 is 5.97 Å². The van der Waals surface area contributed by atoms with Gasteiger partial charge < -0.3 is 10.2 Å². The van der Waals surface area contributed by atoms with Crippen molar-refractivity contribution < 1.29 is 15.0 Å². The molecule has 3 heteroatoms. The normalized spacial score (nSPS) is 12.7. The van der Waals surface area contributed by atoms with Gasteiger partial charge in [-0.2, -0.15) is 0 Å². The van der Waals surface area contributed by atoms with Gasteiger partial charge in [-0.25, -0.2) is 0 Å². The Hall–Kier alpha value is -0.830. The first kappa shape index (κ1) is 26.2. The molecule has 0 aliphatic carbocycles. The first-order chi connectivity index (χ1) is 13.2. The second-order valence-electron chi connectivity index (χ2n) is 7.98. The SMILES string of the molecule is CCCCCCCC/C=C\CCCCCCC(CCCCCCO)C(=O)O. The zero-order valence-electron chi connectivity index (χ0n) is 18.0. The Balaban J connectivity index is 3.46. The van der Waals surface area contributed by atoms with Crippen LogP contribution in [0.25, 0.3) is 0 Å². The van der Waals surface area contributed by atoms with Gasteiger partial charge in [0.05, 0.1) is 5.92 Å².